The Morgan fingerprint density at radius 3 is 2.74 bits per heavy atom. The third-order valence-electron chi connectivity index (χ3n) is 5.24. The van der Waals surface area contributed by atoms with Crippen LogP contribution in [0.5, 0.6) is 0 Å². The minimum absolute atomic E-state index is 0.0402. The van der Waals surface area contributed by atoms with Crippen molar-refractivity contribution < 1.29 is 9.59 Å². The van der Waals surface area contributed by atoms with Crippen LogP contribution in [0.25, 0.3) is 0 Å². The highest BCUT2D eigenvalue weighted by atomic mass is 16.2. The fourth-order valence-corrected chi connectivity index (χ4v) is 4.05. The number of anilines is 1. The molecule has 0 aliphatic carbocycles. The molecular formula is C18H25N3O2. The van der Waals surface area contributed by atoms with Gasteiger partial charge in [0.25, 0.3) is 0 Å². The first-order valence-electron chi connectivity index (χ1n) is 8.42. The van der Waals surface area contributed by atoms with Gasteiger partial charge in [-0.05, 0) is 30.4 Å². The summed E-state index contributed by atoms with van der Waals surface area (Å²) in [4.78, 5) is 28.9. The number of carbonyl (C=O) groups excluding carboxylic acids is 2. The first-order valence-corrected chi connectivity index (χ1v) is 8.42. The summed E-state index contributed by atoms with van der Waals surface area (Å²) >= 11 is 0. The Morgan fingerprint density at radius 1 is 1.30 bits per heavy atom. The second kappa shape index (κ2) is 6.32. The number of likely N-dealkylation sites (tertiary alicyclic amines) is 1. The van der Waals surface area contributed by atoms with Gasteiger partial charge in [0.15, 0.2) is 0 Å². The van der Waals surface area contributed by atoms with Crippen molar-refractivity contribution in [2.45, 2.75) is 45.2 Å². The minimum Gasteiger partial charge on any atom is -0.336 e. The molecule has 2 unspecified atom stereocenters. The normalized spacial score (nSPS) is 27.0. The minimum atomic E-state index is -0.427. The van der Waals surface area contributed by atoms with Gasteiger partial charge in [-0.2, -0.15) is 0 Å². The van der Waals surface area contributed by atoms with Gasteiger partial charge in [-0.25, -0.2) is 0 Å². The lowest BCUT2D eigenvalue weighted by molar-refractivity contribution is -0.138. The SMILES string of the molecule is CC(=O)N1c2ccccc2C[C@H]1C(=O)N1CCCC(C)C1CN. The quantitative estimate of drug-likeness (QED) is 0.900. The van der Waals surface area contributed by atoms with E-state index >= 15 is 0 Å². The van der Waals surface area contributed by atoms with Crippen LogP contribution < -0.4 is 10.6 Å². The molecule has 1 saturated heterocycles. The van der Waals surface area contributed by atoms with Crippen molar-refractivity contribution in [1.29, 1.82) is 0 Å². The number of nitrogens with two attached hydrogens (primary N) is 1. The molecule has 2 aliphatic rings. The molecule has 5 heteroatoms. The summed E-state index contributed by atoms with van der Waals surface area (Å²) in [5.74, 6) is 0.369. The first-order chi connectivity index (χ1) is 11.0. The van der Waals surface area contributed by atoms with E-state index < -0.39 is 6.04 Å². The molecular weight excluding hydrogens is 290 g/mol. The zero-order valence-corrected chi connectivity index (χ0v) is 13.9. The molecule has 1 fully saturated rings. The lowest BCUT2D eigenvalue weighted by Gasteiger charge is -2.41. The van der Waals surface area contributed by atoms with Crippen molar-refractivity contribution in [3.8, 4) is 0 Å². The topological polar surface area (TPSA) is 66.6 Å². The van der Waals surface area contributed by atoms with Crippen LogP contribution in [-0.2, 0) is 16.0 Å². The highest BCUT2D eigenvalue weighted by Crippen LogP contribution is 2.34. The summed E-state index contributed by atoms with van der Waals surface area (Å²) in [6.45, 7) is 4.90. The van der Waals surface area contributed by atoms with Crippen LogP contribution in [0, 0.1) is 5.92 Å². The number of hydrogen-bond donors (Lipinski definition) is 1. The Labute approximate surface area is 137 Å². The molecule has 3 rings (SSSR count). The number of benzene rings is 1. The van der Waals surface area contributed by atoms with Crippen LogP contribution in [0.4, 0.5) is 5.69 Å². The van der Waals surface area contributed by atoms with Crippen molar-refractivity contribution in [1.82, 2.24) is 4.90 Å². The van der Waals surface area contributed by atoms with Gasteiger partial charge in [0.05, 0.1) is 0 Å². The second-order valence-corrected chi connectivity index (χ2v) is 6.69. The zero-order valence-electron chi connectivity index (χ0n) is 13.9. The van der Waals surface area contributed by atoms with Crippen molar-refractivity contribution in [3.05, 3.63) is 29.8 Å². The van der Waals surface area contributed by atoms with Crippen molar-refractivity contribution >= 4 is 17.5 Å². The standard InChI is InChI=1S/C18H25N3O2/c1-12-6-5-9-20(17(12)11-19)18(23)16-10-14-7-3-4-8-15(14)21(16)13(2)22/h3-4,7-8,12,16-17H,5-6,9-11,19H2,1-2H3/t12?,16-,17?/m0/s1. The smallest absolute Gasteiger partial charge is 0.246 e. The van der Waals surface area contributed by atoms with E-state index in [4.69, 9.17) is 5.73 Å². The largest absolute Gasteiger partial charge is 0.336 e. The zero-order chi connectivity index (χ0) is 16.6. The molecule has 0 aromatic heterocycles. The van der Waals surface area contributed by atoms with Crippen LogP contribution >= 0.6 is 0 Å². The van der Waals surface area contributed by atoms with E-state index in [2.05, 4.69) is 6.92 Å². The summed E-state index contributed by atoms with van der Waals surface area (Å²) in [5.41, 5.74) is 7.86. The highest BCUT2D eigenvalue weighted by Gasteiger charge is 2.41. The fourth-order valence-electron chi connectivity index (χ4n) is 4.05. The Hall–Kier alpha value is -1.88. The molecule has 2 aliphatic heterocycles. The molecule has 0 saturated carbocycles. The van der Waals surface area contributed by atoms with Gasteiger partial charge in [0.2, 0.25) is 11.8 Å². The van der Waals surface area contributed by atoms with E-state index in [0.29, 0.717) is 18.9 Å². The summed E-state index contributed by atoms with van der Waals surface area (Å²) in [6.07, 6.45) is 2.70. The lowest BCUT2D eigenvalue weighted by atomic mass is 9.90. The molecule has 23 heavy (non-hydrogen) atoms. The molecule has 2 heterocycles. The van der Waals surface area contributed by atoms with Gasteiger partial charge >= 0.3 is 0 Å². The number of nitrogens with zero attached hydrogens (tertiary/aromatic N) is 2. The molecule has 2 amide bonds. The Morgan fingerprint density at radius 2 is 2.04 bits per heavy atom. The molecule has 1 aromatic rings. The van der Waals surface area contributed by atoms with Crippen LogP contribution in [0.15, 0.2) is 24.3 Å². The van der Waals surface area contributed by atoms with Gasteiger partial charge in [-0.15, -0.1) is 0 Å². The van der Waals surface area contributed by atoms with E-state index in [1.165, 1.54) is 6.92 Å². The molecule has 2 N–H and O–H groups in total. The van der Waals surface area contributed by atoms with E-state index in [9.17, 15) is 9.59 Å². The van der Waals surface area contributed by atoms with Crippen LogP contribution in [0.2, 0.25) is 0 Å². The van der Waals surface area contributed by atoms with Crippen LogP contribution in [0.1, 0.15) is 32.3 Å². The average molecular weight is 315 g/mol. The Balaban J connectivity index is 1.89. The van der Waals surface area contributed by atoms with E-state index in [1.54, 1.807) is 4.90 Å². The number of para-hydroxylation sites is 1. The maximum Gasteiger partial charge on any atom is 0.246 e. The van der Waals surface area contributed by atoms with Crippen molar-refractivity contribution in [2.24, 2.45) is 11.7 Å². The number of carbonyl (C=O) groups is 2. The Bertz CT molecular complexity index is 616. The number of piperidine rings is 1. The number of rotatable bonds is 2. The molecule has 5 nitrogen and oxygen atoms in total. The van der Waals surface area contributed by atoms with Crippen molar-refractivity contribution in [3.63, 3.8) is 0 Å². The predicted octanol–water partition coefficient (Wildman–Crippen LogP) is 1.55. The molecule has 124 valence electrons. The molecule has 1 aromatic carbocycles. The first kappa shape index (κ1) is 16.0. The second-order valence-electron chi connectivity index (χ2n) is 6.69. The third kappa shape index (κ3) is 2.74. The maximum absolute atomic E-state index is 13.2. The summed E-state index contributed by atoms with van der Waals surface area (Å²) < 4.78 is 0. The Kier molecular flexibility index (Phi) is 4.39. The van der Waals surface area contributed by atoms with Crippen molar-refractivity contribution in [2.75, 3.05) is 18.0 Å². The summed E-state index contributed by atoms with van der Waals surface area (Å²) in [7, 11) is 0. The monoisotopic (exact) mass is 315 g/mol. The van der Waals surface area contributed by atoms with E-state index in [1.807, 2.05) is 29.2 Å². The van der Waals surface area contributed by atoms with Gasteiger partial charge in [0, 0.05) is 38.2 Å². The molecule has 0 radical (unpaired) electrons. The van der Waals surface area contributed by atoms with E-state index in [0.717, 1.165) is 30.6 Å². The molecule has 0 spiro atoms. The number of hydrogen-bond acceptors (Lipinski definition) is 3. The summed E-state index contributed by atoms with van der Waals surface area (Å²) in [6, 6.07) is 7.43. The number of fused-ring (bicyclic) bond motifs is 1. The van der Waals surface area contributed by atoms with Gasteiger partial charge < -0.3 is 10.6 Å². The van der Waals surface area contributed by atoms with Gasteiger partial charge in [-0.1, -0.05) is 25.1 Å². The van der Waals surface area contributed by atoms with E-state index in [-0.39, 0.29) is 17.9 Å². The predicted molar refractivity (Wildman–Crippen MR) is 90.0 cm³/mol. The molecule has 0 bridgehead atoms. The van der Waals surface area contributed by atoms with Crippen LogP contribution in [0.3, 0.4) is 0 Å². The van der Waals surface area contributed by atoms with Gasteiger partial charge in [-0.3, -0.25) is 14.5 Å². The highest BCUT2D eigenvalue weighted by molar-refractivity contribution is 6.02. The lowest BCUT2D eigenvalue weighted by Crippen LogP contribution is -2.57. The number of amides is 2. The maximum atomic E-state index is 13.2. The average Bonchev–Trinajstić information content (AvgIpc) is 2.93. The summed E-state index contributed by atoms with van der Waals surface area (Å²) in [5, 5.41) is 0. The van der Waals surface area contributed by atoms with Gasteiger partial charge in [0.1, 0.15) is 6.04 Å². The molecule has 3 atom stereocenters. The van der Waals surface area contributed by atoms with Crippen LogP contribution in [-0.4, -0.2) is 41.9 Å². The third-order valence-corrected chi connectivity index (χ3v) is 5.24. The fraction of sp³-hybridized carbons (Fsp3) is 0.556.